The summed E-state index contributed by atoms with van der Waals surface area (Å²) in [6.45, 7) is 0. The zero-order valence-electron chi connectivity index (χ0n) is 12.4. The number of ether oxygens (including phenoxy) is 1. The fourth-order valence-corrected chi connectivity index (χ4v) is 4.07. The summed E-state index contributed by atoms with van der Waals surface area (Å²) in [5, 5.41) is 6.09. The summed E-state index contributed by atoms with van der Waals surface area (Å²) >= 11 is 1.36. The van der Waals surface area contributed by atoms with Crippen molar-refractivity contribution in [3.8, 4) is 5.75 Å². The molecule has 4 heterocycles. The van der Waals surface area contributed by atoms with Crippen LogP contribution in [0.1, 0.15) is 26.8 Å². The molecule has 0 saturated carbocycles. The number of ketones is 1. The molecule has 0 bridgehead atoms. The lowest BCUT2D eigenvalue weighted by Gasteiger charge is -2.26. The topological polar surface area (TPSA) is 63.7 Å². The van der Waals surface area contributed by atoms with E-state index in [0.717, 1.165) is 11.3 Å². The van der Waals surface area contributed by atoms with E-state index in [1.807, 2.05) is 54.0 Å². The standard InChI is InChI=1S/C18H12N2O3S/c21-17-16-13(8-10-24-16)22-18(17)14(12-7-4-9-19-12)15(20-23-18)11-5-2-1-3-6-11/h1-10,14,19H. The second kappa shape index (κ2) is 4.82. The summed E-state index contributed by atoms with van der Waals surface area (Å²) in [4.78, 5) is 22.5. The van der Waals surface area contributed by atoms with E-state index in [9.17, 15) is 4.79 Å². The van der Waals surface area contributed by atoms with Crippen LogP contribution in [0.2, 0.25) is 0 Å². The highest BCUT2D eigenvalue weighted by atomic mass is 32.1. The number of nitrogens with one attached hydrogen (secondary N) is 1. The van der Waals surface area contributed by atoms with Crippen molar-refractivity contribution in [3.05, 3.63) is 76.2 Å². The number of hydrogen-bond acceptors (Lipinski definition) is 5. The van der Waals surface area contributed by atoms with Crippen molar-refractivity contribution >= 4 is 22.8 Å². The van der Waals surface area contributed by atoms with Crippen LogP contribution in [0.15, 0.2) is 65.3 Å². The minimum Gasteiger partial charge on any atom is -0.442 e. The van der Waals surface area contributed by atoms with Gasteiger partial charge in [0.15, 0.2) is 0 Å². The Morgan fingerprint density at radius 2 is 2.00 bits per heavy atom. The van der Waals surface area contributed by atoms with Crippen LogP contribution in [-0.4, -0.2) is 22.3 Å². The number of aromatic amines is 1. The monoisotopic (exact) mass is 336 g/mol. The molecule has 2 aliphatic rings. The SMILES string of the molecule is O=C1c2sccc2OC12ON=C(c1ccccc1)C2c1ccc[nH]1. The molecule has 0 radical (unpaired) electrons. The van der Waals surface area contributed by atoms with Crippen LogP contribution in [0.5, 0.6) is 5.75 Å². The van der Waals surface area contributed by atoms with E-state index in [-0.39, 0.29) is 5.78 Å². The smallest absolute Gasteiger partial charge is 0.354 e. The third-order valence-electron chi connectivity index (χ3n) is 4.35. The van der Waals surface area contributed by atoms with Crippen LogP contribution < -0.4 is 4.74 Å². The van der Waals surface area contributed by atoms with Crippen LogP contribution in [0, 0.1) is 0 Å². The van der Waals surface area contributed by atoms with Crippen LogP contribution in [0.4, 0.5) is 0 Å². The van der Waals surface area contributed by atoms with Crippen molar-refractivity contribution in [2.24, 2.45) is 5.16 Å². The molecule has 118 valence electrons. The summed E-state index contributed by atoms with van der Waals surface area (Å²) in [6, 6.07) is 15.3. The Hall–Kier alpha value is -2.86. The Morgan fingerprint density at radius 3 is 2.75 bits per heavy atom. The highest BCUT2D eigenvalue weighted by molar-refractivity contribution is 7.12. The van der Waals surface area contributed by atoms with Crippen molar-refractivity contribution in [3.63, 3.8) is 0 Å². The maximum absolute atomic E-state index is 13.0. The third kappa shape index (κ3) is 1.68. The lowest BCUT2D eigenvalue weighted by molar-refractivity contribution is -0.128. The molecule has 1 N–H and O–H groups in total. The van der Waals surface area contributed by atoms with E-state index in [1.54, 1.807) is 6.07 Å². The fourth-order valence-electron chi connectivity index (χ4n) is 3.27. The normalized spacial score (nSPS) is 24.6. The summed E-state index contributed by atoms with van der Waals surface area (Å²) in [7, 11) is 0. The van der Waals surface area contributed by atoms with E-state index < -0.39 is 11.7 Å². The van der Waals surface area contributed by atoms with E-state index >= 15 is 0 Å². The van der Waals surface area contributed by atoms with Gasteiger partial charge < -0.3 is 14.6 Å². The van der Waals surface area contributed by atoms with Gasteiger partial charge in [0.2, 0.25) is 0 Å². The van der Waals surface area contributed by atoms with Gasteiger partial charge in [-0.15, -0.1) is 11.3 Å². The lowest BCUT2D eigenvalue weighted by Crippen LogP contribution is -2.47. The number of carbonyl (C=O) groups excluding carboxylic acids is 1. The predicted molar refractivity (Wildman–Crippen MR) is 89.6 cm³/mol. The highest BCUT2D eigenvalue weighted by Gasteiger charge is 2.63. The maximum Gasteiger partial charge on any atom is 0.354 e. The minimum absolute atomic E-state index is 0.179. The molecule has 0 fully saturated rings. The molecule has 0 amide bonds. The maximum atomic E-state index is 13.0. The number of Topliss-reactive ketones (excluding diaryl/α,β-unsaturated/α-hetero) is 1. The molecule has 6 heteroatoms. The van der Waals surface area contributed by atoms with Crippen LogP contribution in [0.25, 0.3) is 0 Å². The zero-order chi connectivity index (χ0) is 16.1. The Labute approximate surface area is 141 Å². The Kier molecular flexibility index (Phi) is 2.72. The van der Waals surface area contributed by atoms with E-state index in [2.05, 4.69) is 10.1 Å². The largest absolute Gasteiger partial charge is 0.442 e. The summed E-state index contributed by atoms with van der Waals surface area (Å²) < 4.78 is 6.00. The van der Waals surface area contributed by atoms with Crippen molar-refractivity contribution in [1.82, 2.24) is 4.98 Å². The summed E-state index contributed by atoms with van der Waals surface area (Å²) in [6.07, 6.45) is 1.82. The van der Waals surface area contributed by atoms with Gasteiger partial charge >= 0.3 is 5.79 Å². The number of carbonyl (C=O) groups is 1. The average Bonchev–Trinajstić information content (AvgIpc) is 3.37. The first-order valence-corrected chi connectivity index (χ1v) is 8.43. The van der Waals surface area contributed by atoms with Crippen LogP contribution >= 0.6 is 11.3 Å². The Balaban J connectivity index is 1.66. The van der Waals surface area contributed by atoms with Gasteiger partial charge in [-0.1, -0.05) is 35.5 Å². The average molecular weight is 336 g/mol. The zero-order valence-corrected chi connectivity index (χ0v) is 13.2. The Morgan fingerprint density at radius 1 is 1.12 bits per heavy atom. The number of H-pyrrole nitrogens is 1. The molecule has 0 aliphatic carbocycles. The fraction of sp³-hybridized carbons (Fsp3) is 0.111. The predicted octanol–water partition coefficient (Wildman–Crippen LogP) is 3.57. The molecule has 5 rings (SSSR count). The molecule has 3 aromatic rings. The van der Waals surface area contributed by atoms with Gasteiger partial charge in [-0.2, -0.15) is 0 Å². The van der Waals surface area contributed by atoms with Gasteiger partial charge in [-0.3, -0.25) is 4.79 Å². The van der Waals surface area contributed by atoms with Crippen molar-refractivity contribution in [2.75, 3.05) is 0 Å². The first kappa shape index (κ1) is 13.6. The molecular weight excluding hydrogens is 324 g/mol. The highest BCUT2D eigenvalue weighted by Crippen LogP contribution is 2.49. The van der Waals surface area contributed by atoms with Crippen molar-refractivity contribution in [2.45, 2.75) is 11.7 Å². The molecule has 24 heavy (non-hydrogen) atoms. The number of fused-ring (bicyclic) bond motifs is 1. The second-order valence-electron chi connectivity index (χ2n) is 5.70. The number of benzene rings is 1. The van der Waals surface area contributed by atoms with Crippen LogP contribution in [-0.2, 0) is 4.84 Å². The molecule has 1 aromatic carbocycles. The molecule has 2 aliphatic heterocycles. The molecule has 5 nitrogen and oxygen atoms in total. The van der Waals surface area contributed by atoms with Crippen molar-refractivity contribution < 1.29 is 14.4 Å². The minimum atomic E-state index is -1.46. The number of oxime groups is 1. The van der Waals surface area contributed by atoms with Gasteiger partial charge in [0.1, 0.15) is 22.3 Å². The molecule has 2 aromatic heterocycles. The number of nitrogens with zero attached hydrogens (tertiary/aromatic N) is 1. The first-order valence-electron chi connectivity index (χ1n) is 7.56. The van der Waals surface area contributed by atoms with Crippen molar-refractivity contribution in [1.29, 1.82) is 0 Å². The van der Waals surface area contributed by atoms with E-state index in [1.165, 1.54) is 11.3 Å². The van der Waals surface area contributed by atoms with Gasteiger partial charge in [0.05, 0.1) is 0 Å². The van der Waals surface area contributed by atoms with E-state index in [0.29, 0.717) is 16.3 Å². The first-order chi connectivity index (χ1) is 11.8. The number of rotatable bonds is 2. The van der Waals surface area contributed by atoms with E-state index in [4.69, 9.17) is 9.57 Å². The molecule has 0 saturated heterocycles. The summed E-state index contributed by atoms with van der Waals surface area (Å²) in [5.41, 5.74) is 2.42. The molecule has 2 unspecified atom stereocenters. The van der Waals surface area contributed by atoms with Gasteiger partial charge in [0, 0.05) is 17.5 Å². The third-order valence-corrected chi connectivity index (χ3v) is 5.24. The number of hydrogen-bond donors (Lipinski definition) is 1. The molecule has 2 atom stereocenters. The van der Waals surface area contributed by atoms with Gasteiger partial charge in [-0.05, 0) is 23.6 Å². The second-order valence-corrected chi connectivity index (χ2v) is 6.62. The lowest BCUT2D eigenvalue weighted by atomic mass is 9.85. The van der Waals surface area contributed by atoms with Gasteiger partial charge in [0.25, 0.3) is 5.78 Å². The Bertz CT molecular complexity index is 946. The number of thiophene rings is 1. The molecular formula is C18H12N2O3S. The quantitative estimate of drug-likeness (QED) is 0.778. The number of aromatic nitrogens is 1. The summed E-state index contributed by atoms with van der Waals surface area (Å²) in [5.74, 6) is -1.53. The van der Waals surface area contributed by atoms with Gasteiger partial charge in [-0.25, -0.2) is 0 Å². The molecule has 1 spiro atoms. The van der Waals surface area contributed by atoms with Crippen LogP contribution in [0.3, 0.4) is 0 Å².